The molecular weight excluding hydrogens is 152 g/mol. The fourth-order valence-corrected chi connectivity index (χ4v) is 0.964. The fraction of sp³-hybridized carbons (Fsp3) is 0.556. The zero-order valence-corrected chi connectivity index (χ0v) is 7.50. The summed E-state index contributed by atoms with van der Waals surface area (Å²) in [4.78, 5) is 17.6. The lowest BCUT2D eigenvalue weighted by atomic mass is 10.1. The minimum Gasteiger partial charge on any atom is -0.311 e. The number of hydrogen-bond acceptors (Lipinski definition) is 2. The van der Waals surface area contributed by atoms with Crippen molar-refractivity contribution in [3.05, 3.63) is 28.4 Å². The third-order valence-corrected chi connectivity index (χ3v) is 1.68. The molecule has 3 heteroatoms. The van der Waals surface area contributed by atoms with Crippen molar-refractivity contribution < 1.29 is 0 Å². The van der Waals surface area contributed by atoms with E-state index in [9.17, 15) is 4.79 Å². The minimum atomic E-state index is -0.0660. The molecule has 1 aromatic rings. The molecule has 0 saturated heterocycles. The maximum absolute atomic E-state index is 10.8. The molecule has 0 atom stereocenters. The van der Waals surface area contributed by atoms with Gasteiger partial charge in [-0.3, -0.25) is 4.79 Å². The Hall–Kier alpha value is -1.12. The Labute approximate surface area is 71.9 Å². The third kappa shape index (κ3) is 2.86. The molecule has 3 nitrogen and oxygen atoms in total. The van der Waals surface area contributed by atoms with Gasteiger partial charge in [-0.2, -0.15) is 0 Å². The van der Waals surface area contributed by atoms with E-state index in [0.29, 0.717) is 5.92 Å². The Balaban J connectivity index is 2.58. The highest BCUT2D eigenvalue weighted by molar-refractivity contribution is 4.89. The molecule has 12 heavy (non-hydrogen) atoms. The Bertz CT molecular complexity index is 291. The molecule has 0 spiro atoms. The van der Waals surface area contributed by atoms with Crippen molar-refractivity contribution in [3.8, 4) is 0 Å². The summed E-state index contributed by atoms with van der Waals surface area (Å²) in [6.07, 6.45) is 3.47. The number of hydrogen-bond donors (Lipinski definition) is 1. The van der Waals surface area contributed by atoms with E-state index in [1.807, 2.05) is 0 Å². The van der Waals surface area contributed by atoms with Gasteiger partial charge in [-0.25, -0.2) is 4.98 Å². The van der Waals surface area contributed by atoms with Crippen LogP contribution in [0, 0.1) is 5.92 Å². The standard InChI is InChI=1S/C9H14N2O/c1-7(2)3-4-8-10-6-5-9(12)11-8/h5-7H,3-4H2,1-2H3,(H,10,11,12). The Kier molecular flexibility index (Phi) is 3.02. The summed E-state index contributed by atoms with van der Waals surface area (Å²) in [7, 11) is 0. The molecule has 1 aromatic heterocycles. The van der Waals surface area contributed by atoms with Gasteiger partial charge in [-0.05, 0) is 12.3 Å². The largest absolute Gasteiger partial charge is 0.311 e. The number of aryl methyl sites for hydroxylation is 1. The average molecular weight is 166 g/mol. The normalized spacial score (nSPS) is 10.6. The molecular formula is C9H14N2O. The van der Waals surface area contributed by atoms with Gasteiger partial charge in [0, 0.05) is 18.7 Å². The lowest BCUT2D eigenvalue weighted by Crippen LogP contribution is -2.09. The maximum atomic E-state index is 10.8. The molecule has 0 amide bonds. The summed E-state index contributed by atoms with van der Waals surface area (Å²) in [6, 6.07) is 1.43. The second kappa shape index (κ2) is 4.04. The molecule has 0 aliphatic rings. The summed E-state index contributed by atoms with van der Waals surface area (Å²) in [5.74, 6) is 1.44. The summed E-state index contributed by atoms with van der Waals surface area (Å²) in [5.41, 5.74) is -0.0660. The Morgan fingerprint density at radius 2 is 2.33 bits per heavy atom. The van der Waals surface area contributed by atoms with Crippen LogP contribution in [0.15, 0.2) is 17.1 Å². The molecule has 0 aliphatic carbocycles. The number of aromatic nitrogens is 2. The first kappa shape index (κ1) is 8.97. The van der Waals surface area contributed by atoms with Crippen molar-refractivity contribution in [2.24, 2.45) is 5.92 Å². The number of H-pyrrole nitrogens is 1. The van der Waals surface area contributed by atoms with Crippen LogP contribution in [-0.4, -0.2) is 9.97 Å². The van der Waals surface area contributed by atoms with Crippen molar-refractivity contribution in [1.82, 2.24) is 9.97 Å². The van der Waals surface area contributed by atoms with Gasteiger partial charge in [0.1, 0.15) is 5.82 Å². The van der Waals surface area contributed by atoms with Crippen LogP contribution in [-0.2, 0) is 6.42 Å². The summed E-state index contributed by atoms with van der Waals surface area (Å²) < 4.78 is 0. The highest BCUT2D eigenvalue weighted by Gasteiger charge is 1.97. The smallest absolute Gasteiger partial charge is 0.250 e. The molecule has 0 aromatic carbocycles. The van der Waals surface area contributed by atoms with Gasteiger partial charge < -0.3 is 4.98 Å². The van der Waals surface area contributed by atoms with Gasteiger partial charge >= 0.3 is 0 Å². The van der Waals surface area contributed by atoms with Crippen LogP contribution in [0.2, 0.25) is 0 Å². The maximum Gasteiger partial charge on any atom is 0.250 e. The lowest BCUT2D eigenvalue weighted by Gasteiger charge is -2.02. The highest BCUT2D eigenvalue weighted by atomic mass is 16.1. The second-order valence-electron chi connectivity index (χ2n) is 3.31. The van der Waals surface area contributed by atoms with Crippen LogP contribution in [0.4, 0.5) is 0 Å². The predicted octanol–water partition coefficient (Wildman–Crippen LogP) is 1.36. The first-order chi connectivity index (χ1) is 5.68. The minimum absolute atomic E-state index is 0.0660. The first-order valence-corrected chi connectivity index (χ1v) is 4.22. The van der Waals surface area contributed by atoms with Crippen LogP contribution < -0.4 is 5.56 Å². The van der Waals surface area contributed by atoms with E-state index in [1.54, 1.807) is 6.20 Å². The zero-order chi connectivity index (χ0) is 8.97. The van der Waals surface area contributed by atoms with Crippen molar-refractivity contribution in [1.29, 1.82) is 0 Å². The fourth-order valence-electron chi connectivity index (χ4n) is 0.964. The molecule has 0 aliphatic heterocycles. The number of nitrogens with zero attached hydrogens (tertiary/aromatic N) is 1. The summed E-state index contributed by atoms with van der Waals surface area (Å²) in [5, 5.41) is 0. The second-order valence-corrected chi connectivity index (χ2v) is 3.31. The van der Waals surface area contributed by atoms with E-state index in [0.717, 1.165) is 18.7 Å². The zero-order valence-electron chi connectivity index (χ0n) is 7.50. The van der Waals surface area contributed by atoms with Gasteiger partial charge in [0.15, 0.2) is 0 Å². The number of nitrogens with one attached hydrogen (secondary N) is 1. The highest BCUT2D eigenvalue weighted by Crippen LogP contribution is 2.02. The van der Waals surface area contributed by atoms with Gasteiger partial charge in [-0.1, -0.05) is 13.8 Å². The molecule has 1 N–H and O–H groups in total. The number of rotatable bonds is 3. The van der Waals surface area contributed by atoms with E-state index >= 15 is 0 Å². The van der Waals surface area contributed by atoms with Crippen molar-refractivity contribution in [2.45, 2.75) is 26.7 Å². The van der Waals surface area contributed by atoms with Crippen molar-refractivity contribution in [3.63, 3.8) is 0 Å². The van der Waals surface area contributed by atoms with Crippen LogP contribution in [0.1, 0.15) is 26.1 Å². The molecule has 0 fully saturated rings. The van der Waals surface area contributed by atoms with Crippen molar-refractivity contribution >= 4 is 0 Å². The van der Waals surface area contributed by atoms with E-state index in [2.05, 4.69) is 23.8 Å². The van der Waals surface area contributed by atoms with Crippen molar-refractivity contribution in [2.75, 3.05) is 0 Å². The average Bonchev–Trinajstić information content (AvgIpc) is 2.01. The summed E-state index contributed by atoms with van der Waals surface area (Å²) in [6.45, 7) is 4.31. The molecule has 1 rings (SSSR count). The van der Waals surface area contributed by atoms with Gasteiger partial charge in [0.25, 0.3) is 5.56 Å². The van der Waals surface area contributed by atoms with E-state index in [4.69, 9.17) is 0 Å². The molecule has 0 radical (unpaired) electrons. The molecule has 0 saturated carbocycles. The molecule has 0 bridgehead atoms. The topological polar surface area (TPSA) is 45.8 Å². The van der Waals surface area contributed by atoms with Crippen LogP contribution in [0.3, 0.4) is 0 Å². The first-order valence-electron chi connectivity index (χ1n) is 4.22. The van der Waals surface area contributed by atoms with Crippen LogP contribution in [0.25, 0.3) is 0 Å². The molecule has 0 unspecified atom stereocenters. The lowest BCUT2D eigenvalue weighted by molar-refractivity contribution is 0.574. The van der Waals surface area contributed by atoms with E-state index in [1.165, 1.54) is 6.07 Å². The Morgan fingerprint density at radius 1 is 1.58 bits per heavy atom. The van der Waals surface area contributed by atoms with Gasteiger partial charge in [-0.15, -0.1) is 0 Å². The Morgan fingerprint density at radius 3 is 2.92 bits per heavy atom. The monoisotopic (exact) mass is 166 g/mol. The summed E-state index contributed by atoms with van der Waals surface area (Å²) >= 11 is 0. The predicted molar refractivity (Wildman–Crippen MR) is 48.0 cm³/mol. The molecule has 66 valence electrons. The van der Waals surface area contributed by atoms with Gasteiger partial charge in [0.2, 0.25) is 0 Å². The van der Waals surface area contributed by atoms with Crippen LogP contribution in [0.5, 0.6) is 0 Å². The van der Waals surface area contributed by atoms with Crippen LogP contribution >= 0.6 is 0 Å². The SMILES string of the molecule is CC(C)CCc1nccc(=O)[nH]1. The van der Waals surface area contributed by atoms with E-state index in [-0.39, 0.29) is 5.56 Å². The molecule has 1 heterocycles. The van der Waals surface area contributed by atoms with E-state index < -0.39 is 0 Å². The number of aromatic amines is 1. The quantitative estimate of drug-likeness (QED) is 0.736. The third-order valence-electron chi connectivity index (χ3n) is 1.68. The van der Waals surface area contributed by atoms with Gasteiger partial charge in [0.05, 0.1) is 0 Å².